The van der Waals surface area contributed by atoms with Gasteiger partial charge in [0.2, 0.25) is 0 Å². The van der Waals surface area contributed by atoms with Crippen molar-refractivity contribution in [2.75, 3.05) is 34.4 Å². The number of nitrogens with one attached hydrogen (secondary N) is 1. The van der Waals surface area contributed by atoms with Crippen LogP contribution in [0.4, 0.5) is 4.79 Å². The molecular weight excluding hydrogens is 638 g/mol. The third kappa shape index (κ3) is 9.80. The van der Waals surface area contributed by atoms with Gasteiger partial charge in [-0.2, -0.15) is 0 Å². The molecule has 2 aromatic rings. The van der Waals surface area contributed by atoms with E-state index in [9.17, 15) is 14.4 Å². The highest BCUT2D eigenvalue weighted by Gasteiger charge is 2.37. The Kier molecular flexibility index (Phi) is 14.3. The fourth-order valence-electron chi connectivity index (χ4n) is 5.09. The quantitative estimate of drug-likeness (QED) is 0.269. The minimum atomic E-state index is -0.440. The molecule has 2 fully saturated rings. The normalized spacial score (nSPS) is 21.9. The number of carbonyl (C=O) groups excluding carboxylic acids is 3. The van der Waals surface area contributed by atoms with Gasteiger partial charge in [0.25, 0.3) is 0 Å². The van der Waals surface area contributed by atoms with Crippen molar-refractivity contribution >= 4 is 76.8 Å². The van der Waals surface area contributed by atoms with E-state index in [4.69, 9.17) is 60.6 Å². The lowest BCUT2D eigenvalue weighted by Gasteiger charge is -2.37. The van der Waals surface area contributed by atoms with Gasteiger partial charge in [0.05, 0.1) is 39.2 Å². The van der Waals surface area contributed by atoms with Gasteiger partial charge in [-0.25, -0.2) is 4.79 Å². The standard InChI is InChI=1S/C15H17Cl2NO4.C13H15Cl2NO2.ClH/c1-21-14(19)9-3-4-18(15(20)22-2)13(7-9)10-5-11(16)8-12(17)6-10;1-18-13(17)8-2-3-16-12(6-8)9-4-10(14)7-11(15)5-9;/h5-6,8-9,13H,3-4,7H2,1-2H3;4-5,7-8,12,16H,2-3,6H2,1H3;1H. The summed E-state index contributed by atoms with van der Waals surface area (Å²) in [5.74, 6) is -0.745. The second-order valence-electron chi connectivity index (χ2n) is 9.58. The van der Waals surface area contributed by atoms with E-state index in [1.165, 1.54) is 21.3 Å². The Hall–Kier alpha value is -1.94. The van der Waals surface area contributed by atoms with Crippen molar-refractivity contribution in [3.8, 4) is 0 Å². The van der Waals surface area contributed by atoms with Crippen LogP contribution in [0.15, 0.2) is 36.4 Å². The van der Waals surface area contributed by atoms with Crippen LogP contribution in [0.3, 0.4) is 0 Å². The lowest BCUT2D eigenvalue weighted by molar-refractivity contribution is -0.148. The Labute approximate surface area is 266 Å². The number of methoxy groups -OCH3 is 3. The first-order chi connectivity index (χ1) is 19.1. The fourth-order valence-corrected chi connectivity index (χ4v) is 6.18. The topological polar surface area (TPSA) is 94.2 Å². The number of piperidine rings is 2. The first-order valence-electron chi connectivity index (χ1n) is 12.7. The first-order valence-corrected chi connectivity index (χ1v) is 14.2. The fraction of sp³-hybridized carbons (Fsp3) is 0.464. The summed E-state index contributed by atoms with van der Waals surface area (Å²) in [7, 11) is 4.12. The maximum atomic E-state index is 12.0. The summed E-state index contributed by atoms with van der Waals surface area (Å²) >= 11 is 24.1. The second kappa shape index (κ2) is 16.6. The predicted molar refractivity (Wildman–Crippen MR) is 162 cm³/mol. The number of nitrogens with zero attached hydrogens (tertiary/aromatic N) is 1. The highest BCUT2D eigenvalue weighted by Crippen LogP contribution is 2.37. The second-order valence-corrected chi connectivity index (χ2v) is 11.3. The molecule has 226 valence electrons. The molecule has 1 N–H and O–H groups in total. The number of hydrogen-bond donors (Lipinski definition) is 1. The Morgan fingerprint density at radius 2 is 1.22 bits per heavy atom. The molecule has 4 unspecified atom stereocenters. The highest BCUT2D eigenvalue weighted by atomic mass is 35.5. The summed E-state index contributed by atoms with van der Waals surface area (Å²) in [4.78, 5) is 37.0. The largest absolute Gasteiger partial charge is 0.469 e. The Morgan fingerprint density at radius 3 is 1.71 bits per heavy atom. The number of esters is 2. The third-order valence-corrected chi connectivity index (χ3v) is 7.91. The molecule has 0 saturated carbocycles. The molecule has 2 aromatic carbocycles. The molecule has 2 aliphatic heterocycles. The molecule has 2 aliphatic rings. The molecule has 0 aliphatic carbocycles. The number of amides is 1. The molecule has 1 amide bonds. The van der Waals surface area contributed by atoms with Gasteiger partial charge in [-0.3, -0.25) is 9.59 Å². The van der Waals surface area contributed by atoms with Crippen molar-refractivity contribution in [2.24, 2.45) is 11.8 Å². The van der Waals surface area contributed by atoms with Gasteiger partial charge in [-0.1, -0.05) is 46.4 Å². The van der Waals surface area contributed by atoms with E-state index in [-0.39, 0.29) is 48.3 Å². The van der Waals surface area contributed by atoms with Gasteiger partial charge in [0.1, 0.15) is 0 Å². The SMILES string of the molecule is COC(=O)C1CCN(C(=O)OC)C(c2cc(Cl)cc(Cl)c2)C1.COC(=O)C1CCNC(c2cc(Cl)cc(Cl)c2)C1.Cl. The summed E-state index contributed by atoms with van der Waals surface area (Å²) in [6, 6.07) is 10.3. The molecule has 4 rings (SSSR count). The number of rotatable bonds is 4. The van der Waals surface area contributed by atoms with E-state index < -0.39 is 6.09 Å². The minimum absolute atomic E-state index is 0. The number of halogens is 5. The average molecular weight is 671 g/mol. The summed E-state index contributed by atoms with van der Waals surface area (Å²) in [5.41, 5.74) is 1.79. The smallest absolute Gasteiger partial charge is 0.409 e. The number of carbonyl (C=O) groups is 3. The summed E-state index contributed by atoms with van der Waals surface area (Å²) in [5, 5.41) is 5.55. The molecule has 13 heteroatoms. The summed E-state index contributed by atoms with van der Waals surface area (Å²) in [6.07, 6.45) is 2.05. The Morgan fingerprint density at radius 1 is 0.732 bits per heavy atom. The van der Waals surface area contributed by atoms with Gasteiger partial charge in [-0.15, -0.1) is 12.4 Å². The van der Waals surface area contributed by atoms with E-state index in [1.807, 2.05) is 12.1 Å². The molecular formula is C28H33Cl5N2O6. The van der Waals surface area contributed by atoms with Crippen molar-refractivity contribution in [3.05, 3.63) is 67.6 Å². The van der Waals surface area contributed by atoms with Crippen LogP contribution in [0.5, 0.6) is 0 Å². The molecule has 0 spiro atoms. The molecule has 0 bridgehead atoms. The maximum absolute atomic E-state index is 12.0. The van der Waals surface area contributed by atoms with E-state index >= 15 is 0 Å². The van der Waals surface area contributed by atoms with E-state index in [0.717, 1.165) is 24.1 Å². The summed E-state index contributed by atoms with van der Waals surface area (Å²) < 4.78 is 14.4. The molecule has 4 atom stereocenters. The van der Waals surface area contributed by atoms with Gasteiger partial charge in [0.15, 0.2) is 0 Å². The minimum Gasteiger partial charge on any atom is -0.469 e. The Bertz CT molecular complexity index is 1180. The maximum Gasteiger partial charge on any atom is 0.409 e. The van der Waals surface area contributed by atoms with Crippen LogP contribution in [-0.4, -0.2) is 57.4 Å². The van der Waals surface area contributed by atoms with Gasteiger partial charge in [0, 0.05) is 32.7 Å². The molecule has 41 heavy (non-hydrogen) atoms. The highest BCUT2D eigenvalue weighted by molar-refractivity contribution is 6.35. The van der Waals surface area contributed by atoms with Crippen LogP contribution in [0.2, 0.25) is 20.1 Å². The van der Waals surface area contributed by atoms with Crippen LogP contribution < -0.4 is 5.32 Å². The first kappa shape index (κ1) is 35.3. The number of ether oxygens (including phenoxy) is 3. The van der Waals surface area contributed by atoms with Crippen molar-refractivity contribution in [3.63, 3.8) is 0 Å². The van der Waals surface area contributed by atoms with Crippen molar-refractivity contribution in [1.29, 1.82) is 0 Å². The van der Waals surface area contributed by atoms with Crippen molar-refractivity contribution in [2.45, 2.75) is 37.8 Å². The zero-order valence-corrected chi connectivity index (χ0v) is 26.7. The van der Waals surface area contributed by atoms with Crippen LogP contribution in [-0.2, 0) is 23.8 Å². The van der Waals surface area contributed by atoms with E-state index in [1.54, 1.807) is 29.2 Å². The lowest BCUT2D eigenvalue weighted by atomic mass is 9.87. The summed E-state index contributed by atoms with van der Waals surface area (Å²) in [6.45, 7) is 1.19. The number of benzene rings is 2. The van der Waals surface area contributed by atoms with Crippen molar-refractivity contribution in [1.82, 2.24) is 10.2 Å². The molecule has 2 saturated heterocycles. The van der Waals surface area contributed by atoms with E-state index in [0.29, 0.717) is 45.9 Å². The lowest BCUT2D eigenvalue weighted by Crippen LogP contribution is -2.42. The molecule has 2 heterocycles. The zero-order valence-electron chi connectivity index (χ0n) is 22.8. The Balaban J connectivity index is 0.000000285. The van der Waals surface area contributed by atoms with Gasteiger partial charge >= 0.3 is 18.0 Å². The van der Waals surface area contributed by atoms with Gasteiger partial charge in [-0.05, 0) is 79.8 Å². The zero-order chi connectivity index (χ0) is 29.4. The molecule has 0 aromatic heterocycles. The third-order valence-electron chi connectivity index (χ3n) is 7.04. The van der Waals surface area contributed by atoms with Crippen molar-refractivity contribution < 1.29 is 28.6 Å². The van der Waals surface area contributed by atoms with Gasteiger partial charge < -0.3 is 24.4 Å². The van der Waals surface area contributed by atoms with Crippen LogP contribution in [0.1, 0.15) is 48.9 Å². The van der Waals surface area contributed by atoms with Crippen LogP contribution in [0, 0.1) is 11.8 Å². The monoisotopic (exact) mass is 668 g/mol. The van der Waals surface area contributed by atoms with Crippen LogP contribution in [0.25, 0.3) is 0 Å². The average Bonchev–Trinajstić information content (AvgIpc) is 2.95. The molecule has 0 radical (unpaired) electrons. The van der Waals surface area contributed by atoms with E-state index in [2.05, 4.69) is 5.32 Å². The number of likely N-dealkylation sites (tertiary alicyclic amines) is 1. The molecule has 8 nitrogen and oxygen atoms in total. The number of hydrogen-bond acceptors (Lipinski definition) is 7. The van der Waals surface area contributed by atoms with Crippen LogP contribution >= 0.6 is 58.8 Å². The predicted octanol–water partition coefficient (Wildman–Crippen LogP) is 7.31.